The predicted octanol–water partition coefficient (Wildman–Crippen LogP) is 0.859. The molecule has 0 atom stereocenters. The third kappa shape index (κ3) is 0.845. The van der Waals surface area contributed by atoms with E-state index in [-0.39, 0.29) is 0 Å². The molecule has 0 aromatic carbocycles. The van der Waals surface area contributed by atoms with Gasteiger partial charge < -0.3 is 5.73 Å². The van der Waals surface area contributed by atoms with E-state index >= 15 is 0 Å². The van der Waals surface area contributed by atoms with Crippen molar-refractivity contribution in [3.05, 3.63) is 17.8 Å². The van der Waals surface area contributed by atoms with Crippen LogP contribution in [-0.4, -0.2) is 14.8 Å². The molecule has 0 saturated heterocycles. The smallest absolute Gasteiger partial charge is 0.159 e. The molecule has 62 valence electrons. The van der Waals surface area contributed by atoms with Crippen LogP contribution in [0.3, 0.4) is 0 Å². The van der Waals surface area contributed by atoms with Crippen molar-refractivity contribution >= 4 is 16.9 Å². The Morgan fingerprint density at radius 2 is 2.25 bits per heavy atom. The number of aromatic nitrogens is 3. The lowest BCUT2D eigenvalue weighted by Crippen LogP contribution is -1.92. The number of aryl methyl sites for hydroxylation is 2. The third-order valence-corrected chi connectivity index (χ3v) is 1.84. The number of nitrogens with zero attached hydrogens (tertiary/aromatic N) is 3. The van der Waals surface area contributed by atoms with Crippen molar-refractivity contribution in [1.82, 2.24) is 14.8 Å². The van der Waals surface area contributed by atoms with Crippen LogP contribution < -0.4 is 5.73 Å². The average Bonchev–Trinajstić information content (AvgIpc) is 2.28. The minimum atomic E-state index is 0.545. The highest BCUT2D eigenvalue weighted by Gasteiger charge is 2.05. The Morgan fingerprint density at radius 1 is 1.50 bits per heavy atom. The van der Waals surface area contributed by atoms with Crippen LogP contribution in [0.1, 0.15) is 5.56 Å². The minimum Gasteiger partial charge on any atom is -0.382 e. The lowest BCUT2D eigenvalue weighted by Gasteiger charge is -1.93. The van der Waals surface area contributed by atoms with Gasteiger partial charge in [-0.05, 0) is 18.6 Å². The van der Waals surface area contributed by atoms with E-state index in [0.717, 1.165) is 16.6 Å². The summed E-state index contributed by atoms with van der Waals surface area (Å²) in [5, 5.41) is 4.99. The van der Waals surface area contributed by atoms with E-state index in [4.69, 9.17) is 5.73 Å². The molecule has 0 aliphatic rings. The number of nitrogens with two attached hydrogens (primary N) is 1. The van der Waals surface area contributed by atoms with E-state index in [0.29, 0.717) is 5.82 Å². The summed E-state index contributed by atoms with van der Waals surface area (Å²) < 4.78 is 1.68. The number of nitrogen functional groups attached to an aromatic ring is 1. The van der Waals surface area contributed by atoms with Crippen LogP contribution >= 0.6 is 0 Å². The van der Waals surface area contributed by atoms with Gasteiger partial charge in [-0.2, -0.15) is 5.10 Å². The summed E-state index contributed by atoms with van der Waals surface area (Å²) in [6.45, 7) is 1.98. The molecule has 2 rings (SSSR count). The van der Waals surface area contributed by atoms with Gasteiger partial charge in [-0.25, -0.2) is 9.67 Å². The van der Waals surface area contributed by atoms with Crippen molar-refractivity contribution in [3.8, 4) is 0 Å². The molecule has 12 heavy (non-hydrogen) atoms. The highest BCUT2D eigenvalue weighted by atomic mass is 15.3. The van der Waals surface area contributed by atoms with Gasteiger partial charge in [0.15, 0.2) is 11.5 Å². The molecule has 2 aromatic rings. The molecule has 0 amide bonds. The standard InChI is InChI=1S/C8H10N4/c1-5-3-6-7(9)11-12(2)8(6)10-4-5/h3-4H,1-2H3,(H2,9,11). The zero-order valence-electron chi connectivity index (χ0n) is 7.07. The first-order valence-electron chi connectivity index (χ1n) is 3.73. The fourth-order valence-electron chi connectivity index (χ4n) is 1.27. The molecule has 0 spiro atoms. The topological polar surface area (TPSA) is 56.7 Å². The van der Waals surface area contributed by atoms with Gasteiger partial charge in [-0.1, -0.05) is 0 Å². The number of hydrogen-bond acceptors (Lipinski definition) is 3. The average molecular weight is 162 g/mol. The summed E-state index contributed by atoms with van der Waals surface area (Å²) in [7, 11) is 1.83. The van der Waals surface area contributed by atoms with Crippen LogP contribution in [0, 0.1) is 6.92 Å². The van der Waals surface area contributed by atoms with Gasteiger partial charge in [-0.15, -0.1) is 0 Å². The van der Waals surface area contributed by atoms with Gasteiger partial charge in [0, 0.05) is 13.2 Å². The maximum atomic E-state index is 5.67. The van der Waals surface area contributed by atoms with E-state index in [1.807, 2.05) is 26.2 Å². The van der Waals surface area contributed by atoms with Crippen molar-refractivity contribution in [3.63, 3.8) is 0 Å². The summed E-state index contributed by atoms with van der Waals surface area (Å²) >= 11 is 0. The van der Waals surface area contributed by atoms with Gasteiger partial charge in [0.05, 0.1) is 5.39 Å². The van der Waals surface area contributed by atoms with Gasteiger partial charge in [-0.3, -0.25) is 0 Å². The fraction of sp³-hybridized carbons (Fsp3) is 0.250. The molecule has 4 nitrogen and oxygen atoms in total. The molecule has 2 heterocycles. The lowest BCUT2D eigenvalue weighted by atomic mass is 10.2. The first-order valence-corrected chi connectivity index (χ1v) is 3.73. The molecule has 0 aliphatic heterocycles. The number of fused-ring (bicyclic) bond motifs is 1. The van der Waals surface area contributed by atoms with Crippen molar-refractivity contribution in [1.29, 1.82) is 0 Å². The molecule has 0 fully saturated rings. The van der Waals surface area contributed by atoms with Gasteiger partial charge in [0.25, 0.3) is 0 Å². The molecule has 2 aromatic heterocycles. The second-order valence-corrected chi connectivity index (χ2v) is 2.89. The second kappa shape index (κ2) is 2.20. The van der Waals surface area contributed by atoms with Crippen LogP contribution in [0.2, 0.25) is 0 Å². The Morgan fingerprint density at radius 3 is 3.00 bits per heavy atom. The normalized spacial score (nSPS) is 10.8. The SMILES string of the molecule is Cc1cnc2c(c1)c(N)nn2C. The highest BCUT2D eigenvalue weighted by molar-refractivity contribution is 5.86. The molecule has 0 saturated carbocycles. The van der Waals surface area contributed by atoms with Crippen LogP contribution in [-0.2, 0) is 7.05 Å². The number of anilines is 1. The van der Waals surface area contributed by atoms with Crippen LogP contribution in [0.15, 0.2) is 12.3 Å². The molecular weight excluding hydrogens is 152 g/mol. The van der Waals surface area contributed by atoms with E-state index in [1.54, 1.807) is 4.68 Å². The van der Waals surface area contributed by atoms with E-state index < -0.39 is 0 Å². The fourth-order valence-corrected chi connectivity index (χ4v) is 1.27. The lowest BCUT2D eigenvalue weighted by molar-refractivity contribution is 0.791. The third-order valence-electron chi connectivity index (χ3n) is 1.84. The highest BCUT2D eigenvalue weighted by Crippen LogP contribution is 2.17. The summed E-state index contributed by atoms with van der Waals surface area (Å²) in [6, 6.07) is 1.99. The maximum Gasteiger partial charge on any atom is 0.159 e. The van der Waals surface area contributed by atoms with E-state index in [1.165, 1.54) is 0 Å². The molecule has 0 bridgehead atoms. The summed E-state index contributed by atoms with van der Waals surface area (Å²) in [4.78, 5) is 4.22. The molecule has 0 aliphatic carbocycles. The van der Waals surface area contributed by atoms with Crippen molar-refractivity contribution in [2.45, 2.75) is 6.92 Å². The molecule has 2 N–H and O–H groups in total. The minimum absolute atomic E-state index is 0.545. The van der Waals surface area contributed by atoms with Gasteiger partial charge in [0.2, 0.25) is 0 Å². The predicted molar refractivity (Wildman–Crippen MR) is 47.7 cm³/mol. The molecule has 0 radical (unpaired) electrons. The first-order chi connectivity index (χ1) is 5.68. The van der Waals surface area contributed by atoms with Crippen LogP contribution in [0.25, 0.3) is 11.0 Å². The van der Waals surface area contributed by atoms with Crippen LogP contribution in [0.4, 0.5) is 5.82 Å². The Hall–Kier alpha value is -1.58. The van der Waals surface area contributed by atoms with Crippen molar-refractivity contribution in [2.75, 3.05) is 5.73 Å². The Labute approximate surface area is 70.0 Å². The zero-order valence-corrected chi connectivity index (χ0v) is 7.07. The quantitative estimate of drug-likeness (QED) is 0.625. The zero-order chi connectivity index (χ0) is 8.72. The van der Waals surface area contributed by atoms with E-state index in [9.17, 15) is 0 Å². The number of pyridine rings is 1. The molecular formula is C8H10N4. The Kier molecular flexibility index (Phi) is 1.30. The summed E-state index contributed by atoms with van der Waals surface area (Å²) in [5.41, 5.74) is 7.60. The number of rotatable bonds is 0. The Bertz CT molecular complexity index is 430. The first kappa shape index (κ1) is 7.09. The monoisotopic (exact) mass is 162 g/mol. The van der Waals surface area contributed by atoms with Crippen molar-refractivity contribution in [2.24, 2.45) is 7.05 Å². The molecule has 0 unspecified atom stereocenters. The maximum absolute atomic E-state index is 5.67. The van der Waals surface area contributed by atoms with E-state index in [2.05, 4.69) is 10.1 Å². The van der Waals surface area contributed by atoms with Crippen molar-refractivity contribution < 1.29 is 0 Å². The summed E-state index contributed by atoms with van der Waals surface area (Å²) in [6.07, 6.45) is 1.81. The van der Waals surface area contributed by atoms with Gasteiger partial charge in [0.1, 0.15) is 0 Å². The molecule has 4 heteroatoms. The Balaban J connectivity index is 2.90. The van der Waals surface area contributed by atoms with Gasteiger partial charge >= 0.3 is 0 Å². The summed E-state index contributed by atoms with van der Waals surface area (Å²) in [5.74, 6) is 0.545. The number of hydrogen-bond donors (Lipinski definition) is 1. The second-order valence-electron chi connectivity index (χ2n) is 2.89. The van der Waals surface area contributed by atoms with Crippen LogP contribution in [0.5, 0.6) is 0 Å². The largest absolute Gasteiger partial charge is 0.382 e.